The lowest BCUT2D eigenvalue weighted by atomic mass is 9.50. The Balaban J connectivity index is 1.59. The van der Waals surface area contributed by atoms with Gasteiger partial charge in [0, 0.05) is 22.7 Å². The minimum absolute atomic E-state index is 0.0134. The third kappa shape index (κ3) is 1.91. The summed E-state index contributed by atoms with van der Waals surface area (Å²) in [6.07, 6.45) is 8.47. The lowest BCUT2D eigenvalue weighted by Gasteiger charge is -2.61. The first kappa shape index (κ1) is 11.9. The van der Waals surface area contributed by atoms with Crippen molar-refractivity contribution in [3.05, 3.63) is 16.6 Å². The van der Waals surface area contributed by atoms with Crippen molar-refractivity contribution in [2.75, 3.05) is 0 Å². The van der Waals surface area contributed by atoms with Crippen molar-refractivity contribution in [3.63, 3.8) is 0 Å². The molecule has 5 rings (SSSR count). The van der Waals surface area contributed by atoms with E-state index < -0.39 is 0 Å². The molecule has 1 aromatic rings. The highest BCUT2D eigenvalue weighted by atomic mass is 32.1. The fourth-order valence-corrected chi connectivity index (χ4v) is 5.64. The lowest BCUT2D eigenvalue weighted by molar-refractivity contribution is -0.0320. The SMILES string of the molecule is NC12CC3CC(C1)CC(NC(=O)c1nccs1)(C3)C2. The molecule has 4 saturated carbocycles. The quantitative estimate of drug-likeness (QED) is 0.868. The standard InChI is InChI=1S/C14H19N3OS/c15-13-4-9-3-10(5-13)7-14(6-9,8-13)17-11(18)12-16-1-2-19-12/h1-2,9-10H,3-8,15H2,(H,17,18). The molecule has 4 aliphatic rings. The molecule has 0 spiro atoms. The van der Waals surface area contributed by atoms with E-state index in [9.17, 15) is 4.79 Å². The molecule has 4 bridgehead atoms. The number of nitrogens with one attached hydrogen (secondary N) is 1. The maximum absolute atomic E-state index is 12.3. The molecule has 0 radical (unpaired) electrons. The molecule has 19 heavy (non-hydrogen) atoms. The van der Waals surface area contributed by atoms with Gasteiger partial charge in [0.1, 0.15) is 0 Å². The summed E-state index contributed by atoms with van der Waals surface area (Å²) in [5, 5.41) is 5.70. The molecule has 0 aromatic carbocycles. The molecule has 0 saturated heterocycles. The number of hydrogen-bond donors (Lipinski definition) is 2. The zero-order valence-electron chi connectivity index (χ0n) is 10.9. The number of nitrogens with two attached hydrogens (primary N) is 1. The first-order valence-corrected chi connectivity index (χ1v) is 7.95. The average Bonchev–Trinajstić information content (AvgIpc) is 2.77. The molecule has 102 valence electrons. The molecule has 2 atom stereocenters. The molecule has 1 amide bonds. The smallest absolute Gasteiger partial charge is 0.280 e. The van der Waals surface area contributed by atoms with E-state index in [2.05, 4.69) is 10.3 Å². The largest absolute Gasteiger partial charge is 0.344 e. The van der Waals surface area contributed by atoms with Crippen LogP contribution in [0.2, 0.25) is 0 Å². The number of carbonyl (C=O) groups excluding carboxylic acids is 1. The van der Waals surface area contributed by atoms with Gasteiger partial charge < -0.3 is 11.1 Å². The highest BCUT2D eigenvalue weighted by molar-refractivity contribution is 7.11. The predicted octanol–water partition coefficient (Wildman–Crippen LogP) is 1.92. The topological polar surface area (TPSA) is 68.0 Å². The molecule has 2 unspecified atom stereocenters. The zero-order valence-corrected chi connectivity index (χ0v) is 11.7. The van der Waals surface area contributed by atoms with Crippen LogP contribution in [-0.4, -0.2) is 22.0 Å². The monoisotopic (exact) mass is 277 g/mol. The van der Waals surface area contributed by atoms with Gasteiger partial charge in [-0.1, -0.05) is 0 Å². The van der Waals surface area contributed by atoms with Gasteiger partial charge in [-0.3, -0.25) is 4.79 Å². The van der Waals surface area contributed by atoms with E-state index in [0.717, 1.165) is 32.1 Å². The third-order valence-electron chi connectivity index (χ3n) is 5.11. The first-order chi connectivity index (χ1) is 9.06. The van der Waals surface area contributed by atoms with Gasteiger partial charge in [-0.25, -0.2) is 4.98 Å². The van der Waals surface area contributed by atoms with Crippen molar-refractivity contribution >= 4 is 17.2 Å². The van der Waals surface area contributed by atoms with Crippen LogP contribution in [0, 0.1) is 11.8 Å². The van der Waals surface area contributed by atoms with Crippen LogP contribution in [0.3, 0.4) is 0 Å². The minimum Gasteiger partial charge on any atom is -0.344 e. The van der Waals surface area contributed by atoms with Gasteiger partial charge in [0.2, 0.25) is 0 Å². The molecule has 3 N–H and O–H groups in total. The molecular formula is C14H19N3OS. The highest BCUT2D eigenvalue weighted by Gasteiger charge is 2.56. The number of aromatic nitrogens is 1. The van der Waals surface area contributed by atoms with Crippen LogP contribution < -0.4 is 11.1 Å². The van der Waals surface area contributed by atoms with Crippen molar-refractivity contribution in [1.82, 2.24) is 10.3 Å². The van der Waals surface area contributed by atoms with Crippen molar-refractivity contribution < 1.29 is 4.79 Å². The van der Waals surface area contributed by atoms with Crippen molar-refractivity contribution in [3.8, 4) is 0 Å². The maximum atomic E-state index is 12.3. The minimum atomic E-state index is -0.0540. The summed E-state index contributed by atoms with van der Waals surface area (Å²) < 4.78 is 0. The Bertz CT molecular complexity index is 499. The van der Waals surface area contributed by atoms with E-state index in [1.54, 1.807) is 6.20 Å². The van der Waals surface area contributed by atoms with Gasteiger partial charge in [0.15, 0.2) is 5.01 Å². The summed E-state index contributed by atoms with van der Waals surface area (Å²) in [5.41, 5.74) is 6.45. The second kappa shape index (κ2) is 3.79. The van der Waals surface area contributed by atoms with Gasteiger partial charge >= 0.3 is 0 Å². The van der Waals surface area contributed by atoms with E-state index in [-0.39, 0.29) is 17.0 Å². The first-order valence-electron chi connectivity index (χ1n) is 7.07. The molecule has 1 heterocycles. The number of thiazole rings is 1. The van der Waals surface area contributed by atoms with Crippen LogP contribution in [0.25, 0.3) is 0 Å². The van der Waals surface area contributed by atoms with Crippen molar-refractivity contribution in [2.45, 2.75) is 49.6 Å². The van der Waals surface area contributed by atoms with Gasteiger partial charge in [0.05, 0.1) is 0 Å². The van der Waals surface area contributed by atoms with E-state index in [1.165, 1.54) is 17.8 Å². The number of carbonyl (C=O) groups is 1. The van der Waals surface area contributed by atoms with Crippen LogP contribution in [0.5, 0.6) is 0 Å². The van der Waals surface area contributed by atoms with E-state index in [0.29, 0.717) is 16.8 Å². The molecular weight excluding hydrogens is 258 g/mol. The lowest BCUT2D eigenvalue weighted by Crippen LogP contribution is -2.68. The molecule has 0 aliphatic heterocycles. The summed E-state index contributed by atoms with van der Waals surface area (Å²) >= 11 is 1.40. The number of amides is 1. The molecule has 4 fully saturated rings. The van der Waals surface area contributed by atoms with Gasteiger partial charge in [0.25, 0.3) is 5.91 Å². The van der Waals surface area contributed by atoms with E-state index in [1.807, 2.05) is 5.38 Å². The summed E-state index contributed by atoms with van der Waals surface area (Å²) in [4.78, 5) is 16.4. The van der Waals surface area contributed by atoms with E-state index >= 15 is 0 Å². The van der Waals surface area contributed by atoms with Crippen LogP contribution in [0.4, 0.5) is 0 Å². The molecule has 4 aliphatic carbocycles. The van der Waals surface area contributed by atoms with Gasteiger partial charge in [-0.15, -0.1) is 11.3 Å². The predicted molar refractivity (Wildman–Crippen MR) is 73.9 cm³/mol. The molecule has 4 nitrogen and oxygen atoms in total. The fourth-order valence-electron chi connectivity index (χ4n) is 5.11. The second-order valence-corrected chi connectivity index (χ2v) is 7.79. The Morgan fingerprint density at radius 3 is 2.68 bits per heavy atom. The summed E-state index contributed by atoms with van der Waals surface area (Å²) in [5.74, 6) is 1.41. The maximum Gasteiger partial charge on any atom is 0.280 e. The van der Waals surface area contributed by atoms with Crippen LogP contribution in [-0.2, 0) is 0 Å². The molecule has 5 heteroatoms. The third-order valence-corrected chi connectivity index (χ3v) is 5.88. The Morgan fingerprint density at radius 2 is 2.11 bits per heavy atom. The van der Waals surface area contributed by atoms with Crippen molar-refractivity contribution in [2.24, 2.45) is 17.6 Å². The summed E-state index contributed by atoms with van der Waals surface area (Å²) in [6.45, 7) is 0. The number of nitrogens with zero attached hydrogens (tertiary/aromatic N) is 1. The van der Waals surface area contributed by atoms with Crippen molar-refractivity contribution in [1.29, 1.82) is 0 Å². The summed E-state index contributed by atoms with van der Waals surface area (Å²) in [6, 6.07) is 0. The Hall–Kier alpha value is -0.940. The van der Waals surface area contributed by atoms with Crippen LogP contribution in [0.1, 0.15) is 48.3 Å². The number of hydrogen-bond acceptors (Lipinski definition) is 4. The zero-order chi connectivity index (χ0) is 13.1. The number of rotatable bonds is 2. The van der Waals surface area contributed by atoms with E-state index in [4.69, 9.17) is 5.73 Å². The second-order valence-electron chi connectivity index (χ2n) is 6.90. The molecule has 1 aromatic heterocycles. The normalized spacial score (nSPS) is 43.4. The Labute approximate surface area is 116 Å². The Kier molecular flexibility index (Phi) is 2.37. The average molecular weight is 277 g/mol. The van der Waals surface area contributed by atoms with Crippen LogP contribution >= 0.6 is 11.3 Å². The highest BCUT2D eigenvalue weighted by Crippen LogP contribution is 2.56. The van der Waals surface area contributed by atoms with Gasteiger partial charge in [-0.05, 0) is 50.4 Å². The Morgan fingerprint density at radius 1 is 1.37 bits per heavy atom. The fraction of sp³-hybridized carbons (Fsp3) is 0.714. The summed E-state index contributed by atoms with van der Waals surface area (Å²) in [7, 11) is 0. The van der Waals surface area contributed by atoms with Gasteiger partial charge in [-0.2, -0.15) is 0 Å². The van der Waals surface area contributed by atoms with Crippen LogP contribution in [0.15, 0.2) is 11.6 Å².